The van der Waals surface area contributed by atoms with Crippen molar-refractivity contribution < 1.29 is 9.59 Å². The fourth-order valence-corrected chi connectivity index (χ4v) is 4.10. The Balaban J connectivity index is 2.91. The third kappa shape index (κ3) is 10.8. The van der Waals surface area contributed by atoms with Crippen LogP contribution in [0.3, 0.4) is 0 Å². The molecule has 0 aromatic carbocycles. The summed E-state index contributed by atoms with van der Waals surface area (Å²) in [6, 6.07) is -0.216. The molecule has 0 spiro atoms. The minimum atomic E-state index is -0.430. The van der Waals surface area contributed by atoms with Gasteiger partial charge in [0.25, 0.3) is 5.91 Å². The van der Waals surface area contributed by atoms with Crippen LogP contribution in [0.4, 0.5) is 0 Å². The number of amides is 2. The van der Waals surface area contributed by atoms with E-state index in [2.05, 4.69) is 64.9 Å². The smallest absolute Gasteiger partial charge is 0.274 e. The molecule has 11 nitrogen and oxygen atoms in total. The molecule has 0 fully saturated rings. The fourth-order valence-electron chi connectivity index (χ4n) is 4.10. The third-order valence-corrected chi connectivity index (χ3v) is 6.21. The number of carbonyl (C=O) groups excluding carboxylic acids is 2. The van der Waals surface area contributed by atoms with E-state index in [-0.39, 0.29) is 30.6 Å². The Morgan fingerprint density at radius 3 is 2.70 bits per heavy atom. The van der Waals surface area contributed by atoms with E-state index in [9.17, 15) is 9.59 Å². The lowest BCUT2D eigenvalue weighted by atomic mass is 9.88. The van der Waals surface area contributed by atoms with Crippen LogP contribution in [0.5, 0.6) is 0 Å². The largest absolute Gasteiger partial charge is 0.350 e. The Kier molecular flexibility index (Phi) is 14.9. The first-order valence-corrected chi connectivity index (χ1v) is 12.5. The highest BCUT2D eigenvalue weighted by molar-refractivity contribution is 6.44. The van der Waals surface area contributed by atoms with Gasteiger partial charge in [0.2, 0.25) is 5.91 Å². The molecule has 1 aliphatic rings. The molecule has 0 radical (unpaired) electrons. The van der Waals surface area contributed by atoms with Crippen LogP contribution in [0.15, 0.2) is 67.6 Å². The highest BCUT2D eigenvalue weighted by Crippen LogP contribution is 2.27. The molecule has 37 heavy (non-hydrogen) atoms. The van der Waals surface area contributed by atoms with Crippen LogP contribution in [-0.2, 0) is 9.59 Å². The second-order valence-corrected chi connectivity index (χ2v) is 8.95. The van der Waals surface area contributed by atoms with Crippen LogP contribution in [0.1, 0.15) is 53.4 Å². The summed E-state index contributed by atoms with van der Waals surface area (Å²) in [7, 11) is 0. The third-order valence-electron chi connectivity index (χ3n) is 6.21. The number of hydrogen-bond acceptors (Lipinski definition) is 6. The molecule has 1 aliphatic heterocycles. The Hall–Kier alpha value is -3.76. The summed E-state index contributed by atoms with van der Waals surface area (Å²) in [6.07, 6.45) is 14.2. The van der Waals surface area contributed by atoms with E-state index in [1.54, 1.807) is 17.1 Å². The van der Waals surface area contributed by atoms with Gasteiger partial charge in [-0.15, -0.1) is 11.7 Å². The van der Waals surface area contributed by atoms with E-state index in [0.29, 0.717) is 24.0 Å². The summed E-state index contributed by atoms with van der Waals surface area (Å²) < 4.78 is 0. The molecule has 2 amide bonds. The summed E-state index contributed by atoms with van der Waals surface area (Å²) in [6.45, 7) is 15.9. The standard InChI is InChI=1S/C26H41N9O2/c1-7-21(19(3)4)12-13-24-32-23(14-15-29-18-28-6)26(37)35(24)20(5)10-9-11-22(8-2)25(36)30-16-17-31-34-33-27/h8-10,14-15,17-22,24H,2,6-7,11-13,16H2,1,3-5H3,(H2,27,34)(H,30,36)/b10-9+,15-14+,29-18?,31-17+. The fraction of sp³-hybridized carbons (Fsp3) is 0.538. The van der Waals surface area contributed by atoms with Crippen molar-refractivity contribution in [2.75, 3.05) is 6.54 Å². The van der Waals surface area contributed by atoms with Crippen molar-refractivity contribution in [1.82, 2.24) is 10.2 Å². The van der Waals surface area contributed by atoms with Crippen molar-refractivity contribution in [2.24, 2.45) is 54.1 Å². The maximum atomic E-state index is 13.2. The van der Waals surface area contributed by atoms with Gasteiger partial charge in [-0.2, -0.15) is 0 Å². The molecule has 4 unspecified atom stereocenters. The van der Waals surface area contributed by atoms with Crippen molar-refractivity contribution in [3.05, 3.63) is 37.1 Å². The molecule has 0 aliphatic carbocycles. The summed E-state index contributed by atoms with van der Waals surface area (Å²) in [5, 5.41) is 12.5. The molecule has 11 heteroatoms. The zero-order valence-corrected chi connectivity index (χ0v) is 22.4. The highest BCUT2D eigenvalue weighted by atomic mass is 16.2. The van der Waals surface area contributed by atoms with Gasteiger partial charge < -0.3 is 16.1 Å². The molecule has 0 saturated heterocycles. The lowest BCUT2D eigenvalue weighted by Gasteiger charge is -2.29. The molecular weight excluding hydrogens is 470 g/mol. The molecule has 3 N–H and O–H groups in total. The van der Waals surface area contributed by atoms with Gasteiger partial charge in [-0.25, -0.2) is 4.99 Å². The van der Waals surface area contributed by atoms with Crippen LogP contribution < -0.4 is 11.2 Å². The average Bonchev–Trinajstić information content (AvgIpc) is 3.19. The molecule has 202 valence electrons. The number of nitrogens with one attached hydrogen (secondary N) is 1. The summed E-state index contributed by atoms with van der Waals surface area (Å²) in [5.74, 6) is 5.22. The lowest BCUT2D eigenvalue weighted by Crippen LogP contribution is -2.42. The van der Waals surface area contributed by atoms with Gasteiger partial charge in [0, 0.05) is 18.5 Å². The van der Waals surface area contributed by atoms with Gasteiger partial charge in [0.15, 0.2) is 0 Å². The number of nitrogens with two attached hydrogens (primary N) is 1. The monoisotopic (exact) mass is 511 g/mol. The summed E-state index contributed by atoms with van der Waals surface area (Å²) >= 11 is 0. The van der Waals surface area contributed by atoms with Gasteiger partial charge in [0.05, 0.1) is 12.5 Å². The van der Waals surface area contributed by atoms with E-state index in [1.807, 2.05) is 19.1 Å². The van der Waals surface area contributed by atoms with Crippen LogP contribution in [0.2, 0.25) is 0 Å². The van der Waals surface area contributed by atoms with E-state index in [1.165, 1.54) is 18.8 Å². The van der Waals surface area contributed by atoms with E-state index in [4.69, 9.17) is 10.8 Å². The highest BCUT2D eigenvalue weighted by Gasteiger charge is 2.35. The molecule has 4 atom stereocenters. The topological polar surface area (TPSA) is 150 Å². The van der Waals surface area contributed by atoms with Crippen molar-refractivity contribution in [3.8, 4) is 0 Å². The van der Waals surface area contributed by atoms with Gasteiger partial charge >= 0.3 is 0 Å². The SMILES string of the molecule is C=CC(C/C=C/C(C)N1C(=O)C(/C=C/N=CN=C)=NC1CCC(CC)C(C)C)C(=O)NC/C=N/N=N\N. The number of nitrogens with zero attached hydrogens (tertiary/aromatic N) is 7. The molecule has 0 aromatic heterocycles. The van der Waals surface area contributed by atoms with Crippen molar-refractivity contribution in [3.63, 3.8) is 0 Å². The Bertz CT molecular complexity index is 934. The first-order valence-electron chi connectivity index (χ1n) is 12.5. The minimum Gasteiger partial charge on any atom is -0.350 e. The predicted molar refractivity (Wildman–Crippen MR) is 151 cm³/mol. The molecule has 0 saturated carbocycles. The Labute approximate surface area is 220 Å². The maximum Gasteiger partial charge on any atom is 0.274 e. The summed E-state index contributed by atoms with van der Waals surface area (Å²) in [4.78, 5) is 39.6. The van der Waals surface area contributed by atoms with Crippen molar-refractivity contribution >= 4 is 36.8 Å². The Morgan fingerprint density at radius 2 is 2.08 bits per heavy atom. The molecule has 0 aromatic rings. The lowest BCUT2D eigenvalue weighted by molar-refractivity contribution is -0.126. The number of carbonyl (C=O) groups is 2. The maximum absolute atomic E-state index is 13.2. The molecule has 1 rings (SSSR count). The van der Waals surface area contributed by atoms with Gasteiger partial charge in [-0.05, 0) is 56.0 Å². The summed E-state index contributed by atoms with van der Waals surface area (Å²) in [5.41, 5.74) is 0.364. The average molecular weight is 512 g/mol. The number of aliphatic imine (C=N–C) groups is 3. The van der Waals surface area contributed by atoms with Crippen molar-refractivity contribution in [2.45, 2.75) is 65.6 Å². The van der Waals surface area contributed by atoms with Crippen molar-refractivity contribution in [1.29, 1.82) is 0 Å². The molecular formula is C26H41N9O2. The zero-order valence-electron chi connectivity index (χ0n) is 22.4. The molecule has 0 bridgehead atoms. The predicted octanol–water partition coefficient (Wildman–Crippen LogP) is 3.87. The van der Waals surface area contributed by atoms with Gasteiger partial charge in [-0.1, -0.05) is 50.6 Å². The second kappa shape index (κ2) is 17.6. The number of allylic oxidation sites excluding steroid dienone is 1. The first-order chi connectivity index (χ1) is 17.8. The van der Waals surface area contributed by atoms with Crippen LogP contribution in [0, 0.1) is 17.8 Å². The van der Waals surface area contributed by atoms with Crippen LogP contribution >= 0.6 is 0 Å². The molecule has 1 heterocycles. The van der Waals surface area contributed by atoms with Gasteiger partial charge in [0.1, 0.15) is 18.2 Å². The first kappa shape index (κ1) is 31.3. The second-order valence-electron chi connectivity index (χ2n) is 8.95. The van der Waals surface area contributed by atoms with E-state index >= 15 is 0 Å². The van der Waals surface area contributed by atoms with E-state index in [0.717, 1.165) is 19.3 Å². The Morgan fingerprint density at radius 1 is 1.32 bits per heavy atom. The number of hydrogen-bond donors (Lipinski definition) is 2. The normalized spacial score (nSPS) is 19.1. The van der Waals surface area contributed by atoms with Crippen LogP contribution in [-0.4, -0.2) is 60.4 Å². The number of rotatable bonds is 17. The quantitative estimate of drug-likeness (QED) is 0.0762. The van der Waals surface area contributed by atoms with Gasteiger partial charge in [-0.3, -0.25) is 19.6 Å². The minimum absolute atomic E-state index is 0.148. The zero-order chi connectivity index (χ0) is 27.6. The van der Waals surface area contributed by atoms with Crippen LogP contribution in [0.25, 0.3) is 0 Å². The van der Waals surface area contributed by atoms with E-state index < -0.39 is 5.92 Å².